The largest absolute Gasteiger partial charge is 0.478 e. The number of benzene rings is 1. The van der Waals surface area contributed by atoms with Gasteiger partial charge in [-0.15, -0.1) is 0 Å². The summed E-state index contributed by atoms with van der Waals surface area (Å²) in [6.07, 6.45) is 0. The molecular weight excluding hydrogens is 127 g/mol. The van der Waals surface area contributed by atoms with Crippen molar-refractivity contribution in [1.82, 2.24) is 0 Å². The van der Waals surface area contributed by atoms with Gasteiger partial charge in [-0.1, -0.05) is 23.7 Å². The van der Waals surface area contributed by atoms with Crippen molar-refractivity contribution >= 4 is 19.3 Å². The number of rotatable bonds is 1. The van der Waals surface area contributed by atoms with Crippen molar-refractivity contribution in [2.45, 2.75) is 0 Å². The molecule has 3 heteroatoms. The average Bonchev–Trinajstić information content (AvgIpc) is 1.88. The molecule has 0 unspecified atom stereocenters. The van der Waals surface area contributed by atoms with Crippen LogP contribution in [0.3, 0.4) is 0 Å². The molecule has 0 atom stereocenters. The Hall–Kier alpha value is -1.25. The Morgan fingerprint density at radius 1 is 1.50 bits per heavy atom. The average molecular weight is 134 g/mol. The smallest absolute Gasteiger partial charge is 0.335 e. The van der Waals surface area contributed by atoms with Gasteiger partial charge in [0.25, 0.3) is 0 Å². The van der Waals surface area contributed by atoms with Gasteiger partial charge in [0.05, 0.1) is 5.56 Å². The number of carboxylic acids is 1. The fourth-order valence-corrected chi connectivity index (χ4v) is 0.778. The minimum absolute atomic E-state index is 0.347. The molecule has 10 heavy (non-hydrogen) atoms. The van der Waals surface area contributed by atoms with Gasteiger partial charge in [-0.3, -0.25) is 0 Å². The van der Waals surface area contributed by atoms with Gasteiger partial charge in [0.15, 0.2) is 0 Å². The normalized spacial score (nSPS) is 9.20. The monoisotopic (exact) mass is 134 g/mol. The molecule has 0 aromatic heterocycles. The lowest BCUT2D eigenvalue weighted by Crippen LogP contribution is -2.05. The summed E-state index contributed by atoms with van der Waals surface area (Å²) < 4.78 is 0. The molecule has 0 heterocycles. The third kappa shape index (κ3) is 1.38. The molecule has 0 aliphatic carbocycles. The van der Waals surface area contributed by atoms with Gasteiger partial charge in [0.2, 0.25) is 0 Å². The summed E-state index contributed by atoms with van der Waals surface area (Å²) in [6.45, 7) is 0. The van der Waals surface area contributed by atoms with E-state index < -0.39 is 5.97 Å². The summed E-state index contributed by atoms with van der Waals surface area (Å²) in [5.41, 5.74) is 1.32. The first kappa shape index (κ1) is 6.87. The number of carboxylic acid groups (broad SMARTS) is 1. The summed E-state index contributed by atoms with van der Waals surface area (Å²) in [5.74, 6) is -0.872. The van der Waals surface area contributed by atoms with E-state index in [1.807, 2.05) is 13.9 Å². The van der Waals surface area contributed by atoms with Crippen molar-refractivity contribution in [2.75, 3.05) is 0 Å². The molecule has 2 nitrogen and oxygen atoms in total. The molecule has 0 aliphatic rings. The van der Waals surface area contributed by atoms with Crippen LogP contribution in [-0.4, -0.2) is 18.9 Å². The molecule has 0 fully saturated rings. The summed E-state index contributed by atoms with van der Waals surface area (Å²) >= 11 is 0. The Bertz CT molecular complexity index is 258. The van der Waals surface area contributed by atoms with Gasteiger partial charge in [-0.25, -0.2) is 4.79 Å². The maximum atomic E-state index is 10.4. The lowest BCUT2D eigenvalue weighted by Gasteiger charge is -1.93. The molecule has 50 valence electrons. The fourth-order valence-electron chi connectivity index (χ4n) is 0.778. The Morgan fingerprint density at radius 2 is 2.20 bits per heavy atom. The number of hydrogen-bond acceptors (Lipinski definition) is 1. The van der Waals surface area contributed by atoms with Crippen LogP contribution in [0.1, 0.15) is 10.4 Å². The van der Waals surface area contributed by atoms with Crippen LogP contribution in [0.5, 0.6) is 0 Å². The van der Waals surface area contributed by atoms with E-state index in [1.165, 1.54) is 0 Å². The van der Waals surface area contributed by atoms with Crippen molar-refractivity contribution < 1.29 is 9.90 Å². The van der Waals surface area contributed by atoms with Crippen LogP contribution in [0.15, 0.2) is 24.3 Å². The maximum Gasteiger partial charge on any atom is 0.335 e. The molecule has 0 bridgehead atoms. The highest BCUT2D eigenvalue weighted by Crippen LogP contribution is 1.94. The molecule has 1 N–H and O–H groups in total. The quantitative estimate of drug-likeness (QED) is 0.532. The van der Waals surface area contributed by atoms with Crippen molar-refractivity contribution in [3.63, 3.8) is 0 Å². The molecule has 0 saturated carbocycles. The highest BCUT2D eigenvalue weighted by Gasteiger charge is 1.99. The molecule has 0 radical (unpaired) electrons. The van der Waals surface area contributed by atoms with Crippen LogP contribution in [0.2, 0.25) is 0 Å². The molecular formula is C7H7BO2. The van der Waals surface area contributed by atoms with Crippen LogP contribution in [-0.2, 0) is 0 Å². The van der Waals surface area contributed by atoms with E-state index in [4.69, 9.17) is 5.11 Å². The van der Waals surface area contributed by atoms with Gasteiger partial charge in [-0.2, -0.15) is 0 Å². The standard InChI is InChI=1S/C7H7BO2/c8-6-3-1-2-5(4-6)7(9)10/h1-4H,8H2,(H,9,10). The van der Waals surface area contributed by atoms with Crippen molar-refractivity contribution in [3.8, 4) is 0 Å². The van der Waals surface area contributed by atoms with E-state index in [0.717, 1.165) is 5.46 Å². The SMILES string of the molecule is Bc1cccc(C(=O)O)c1. The maximum absolute atomic E-state index is 10.4. The van der Waals surface area contributed by atoms with Crippen molar-refractivity contribution in [1.29, 1.82) is 0 Å². The van der Waals surface area contributed by atoms with Crippen LogP contribution in [0.4, 0.5) is 0 Å². The van der Waals surface area contributed by atoms with Gasteiger partial charge in [0, 0.05) is 0 Å². The van der Waals surface area contributed by atoms with E-state index in [2.05, 4.69) is 0 Å². The van der Waals surface area contributed by atoms with Crippen LogP contribution in [0, 0.1) is 0 Å². The molecule has 0 spiro atoms. The minimum Gasteiger partial charge on any atom is -0.478 e. The van der Waals surface area contributed by atoms with E-state index >= 15 is 0 Å². The third-order valence-corrected chi connectivity index (χ3v) is 1.27. The van der Waals surface area contributed by atoms with E-state index in [1.54, 1.807) is 18.2 Å². The number of carbonyl (C=O) groups is 1. The van der Waals surface area contributed by atoms with Gasteiger partial charge < -0.3 is 5.11 Å². The molecule has 1 aromatic rings. The second kappa shape index (κ2) is 2.56. The highest BCUT2D eigenvalue weighted by molar-refractivity contribution is 6.32. The predicted octanol–water partition coefficient (Wildman–Crippen LogP) is -0.357. The van der Waals surface area contributed by atoms with E-state index in [0.29, 0.717) is 5.56 Å². The molecule has 1 aromatic carbocycles. The zero-order valence-corrected chi connectivity index (χ0v) is 5.66. The minimum atomic E-state index is -0.872. The number of hydrogen-bond donors (Lipinski definition) is 1. The molecule has 0 saturated heterocycles. The van der Waals surface area contributed by atoms with Gasteiger partial charge >= 0.3 is 5.97 Å². The molecule has 1 rings (SSSR count). The van der Waals surface area contributed by atoms with Crippen LogP contribution >= 0.6 is 0 Å². The van der Waals surface area contributed by atoms with Crippen LogP contribution < -0.4 is 5.46 Å². The zero-order chi connectivity index (χ0) is 7.56. The second-order valence-corrected chi connectivity index (χ2v) is 2.17. The highest BCUT2D eigenvalue weighted by atomic mass is 16.4. The summed E-state index contributed by atoms with van der Waals surface area (Å²) in [6, 6.07) is 6.82. The summed E-state index contributed by atoms with van der Waals surface area (Å²) in [4.78, 5) is 10.4. The van der Waals surface area contributed by atoms with Crippen molar-refractivity contribution in [3.05, 3.63) is 29.8 Å². The zero-order valence-electron chi connectivity index (χ0n) is 5.66. The molecule has 0 aliphatic heterocycles. The Morgan fingerprint density at radius 3 is 2.60 bits per heavy atom. The Balaban J connectivity index is 3.07. The third-order valence-electron chi connectivity index (χ3n) is 1.27. The first-order valence-electron chi connectivity index (χ1n) is 3.00. The van der Waals surface area contributed by atoms with Crippen LogP contribution in [0.25, 0.3) is 0 Å². The lowest BCUT2D eigenvalue weighted by molar-refractivity contribution is 0.0697. The second-order valence-electron chi connectivity index (χ2n) is 2.17. The Kier molecular flexibility index (Phi) is 1.76. The predicted molar refractivity (Wildman–Crippen MR) is 41.6 cm³/mol. The fraction of sp³-hybridized carbons (Fsp3) is 0. The van der Waals surface area contributed by atoms with E-state index in [-0.39, 0.29) is 0 Å². The van der Waals surface area contributed by atoms with Gasteiger partial charge in [0.1, 0.15) is 7.85 Å². The topological polar surface area (TPSA) is 37.3 Å². The lowest BCUT2D eigenvalue weighted by atomic mass is 9.95. The van der Waals surface area contributed by atoms with E-state index in [9.17, 15) is 4.79 Å². The first-order valence-corrected chi connectivity index (χ1v) is 3.00. The van der Waals surface area contributed by atoms with Gasteiger partial charge in [-0.05, 0) is 6.07 Å². The summed E-state index contributed by atoms with van der Waals surface area (Å²) in [7, 11) is 1.87. The van der Waals surface area contributed by atoms with Crippen molar-refractivity contribution in [2.24, 2.45) is 0 Å². The summed E-state index contributed by atoms with van der Waals surface area (Å²) in [5, 5.41) is 8.51. The Labute approximate surface area is 59.9 Å². The first-order chi connectivity index (χ1) is 4.70. The molecule has 0 amide bonds. The number of aromatic carboxylic acids is 1.